The SMILES string of the molecule is CC1(C)CC(C)(C)c2cc3c(cc21)oc1c(Cl)cccc13. The second kappa shape index (κ2) is 3.84. The van der Waals surface area contributed by atoms with Crippen molar-refractivity contribution < 1.29 is 4.42 Å². The summed E-state index contributed by atoms with van der Waals surface area (Å²) in [6.45, 7) is 9.31. The minimum absolute atomic E-state index is 0.190. The van der Waals surface area contributed by atoms with Crippen molar-refractivity contribution in [2.75, 3.05) is 0 Å². The highest BCUT2D eigenvalue weighted by Crippen LogP contribution is 2.51. The number of rotatable bonds is 0. The molecule has 1 nitrogen and oxygen atoms in total. The van der Waals surface area contributed by atoms with E-state index in [2.05, 4.69) is 45.9 Å². The Morgan fingerprint density at radius 2 is 1.62 bits per heavy atom. The fraction of sp³-hybridized carbons (Fsp3) is 0.368. The molecule has 21 heavy (non-hydrogen) atoms. The van der Waals surface area contributed by atoms with Gasteiger partial charge in [-0.1, -0.05) is 51.4 Å². The zero-order chi connectivity index (χ0) is 15.0. The van der Waals surface area contributed by atoms with Crippen molar-refractivity contribution in [3.63, 3.8) is 0 Å². The van der Waals surface area contributed by atoms with Crippen LogP contribution in [-0.4, -0.2) is 0 Å². The average Bonchev–Trinajstić information content (AvgIpc) is 2.83. The standard InChI is InChI=1S/C19H19ClO/c1-18(2)10-19(3,4)14-9-16-12(8-13(14)18)11-6-5-7-15(20)17(11)21-16/h5-9H,10H2,1-4H3. The quantitative estimate of drug-likeness (QED) is 0.481. The fourth-order valence-corrected chi connectivity index (χ4v) is 4.44. The molecule has 0 spiro atoms. The molecule has 2 heteroatoms. The fourth-order valence-electron chi connectivity index (χ4n) is 4.22. The second-order valence-corrected chi connectivity index (χ2v) is 7.96. The van der Waals surface area contributed by atoms with Crippen molar-refractivity contribution in [2.45, 2.75) is 44.9 Å². The molecule has 1 heterocycles. The molecule has 1 aliphatic carbocycles. The summed E-state index contributed by atoms with van der Waals surface area (Å²) >= 11 is 6.27. The van der Waals surface area contributed by atoms with Crippen LogP contribution < -0.4 is 0 Å². The maximum Gasteiger partial charge on any atom is 0.153 e. The molecule has 0 saturated heterocycles. The highest BCUT2D eigenvalue weighted by Gasteiger charge is 2.42. The third-order valence-corrected chi connectivity index (χ3v) is 5.23. The van der Waals surface area contributed by atoms with Gasteiger partial charge in [-0.2, -0.15) is 0 Å². The van der Waals surface area contributed by atoms with Crippen LogP contribution in [0.2, 0.25) is 5.02 Å². The van der Waals surface area contributed by atoms with Gasteiger partial charge in [0.15, 0.2) is 5.58 Å². The van der Waals surface area contributed by atoms with E-state index in [1.54, 1.807) is 0 Å². The van der Waals surface area contributed by atoms with Crippen molar-refractivity contribution >= 4 is 33.5 Å². The second-order valence-electron chi connectivity index (χ2n) is 7.56. The molecule has 108 valence electrons. The normalized spacial score (nSPS) is 19.3. The van der Waals surface area contributed by atoms with Gasteiger partial charge in [-0.05, 0) is 46.6 Å². The number of para-hydroxylation sites is 1. The molecular formula is C19H19ClO. The van der Waals surface area contributed by atoms with Crippen molar-refractivity contribution in [3.8, 4) is 0 Å². The molecule has 0 bridgehead atoms. The van der Waals surface area contributed by atoms with Crippen LogP contribution in [0.1, 0.15) is 45.2 Å². The van der Waals surface area contributed by atoms with Gasteiger partial charge < -0.3 is 4.42 Å². The van der Waals surface area contributed by atoms with Gasteiger partial charge in [0.05, 0.1) is 5.02 Å². The average molecular weight is 299 g/mol. The molecule has 1 aromatic heterocycles. The lowest BCUT2D eigenvalue weighted by Gasteiger charge is -2.22. The monoisotopic (exact) mass is 298 g/mol. The molecule has 0 atom stereocenters. The molecular weight excluding hydrogens is 280 g/mol. The van der Waals surface area contributed by atoms with E-state index in [-0.39, 0.29) is 10.8 Å². The summed E-state index contributed by atoms with van der Waals surface area (Å²) in [7, 11) is 0. The zero-order valence-electron chi connectivity index (χ0n) is 12.9. The number of furan rings is 1. The van der Waals surface area contributed by atoms with E-state index in [4.69, 9.17) is 16.0 Å². The van der Waals surface area contributed by atoms with Crippen molar-refractivity contribution in [1.29, 1.82) is 0 Å². The Morgan fingerprint density at radius 3 is 2.33 bits per heavy atom. The van der Waals surface area contributed by atoms with E-state index in [1.165, 1.54) is 22.9 Å². The summed E-state index contributed by atoms with van der Waals surface area (Å²) in [6, 6.07) is 10.5. The Kier molecular flexibility index (Phi) is 2.41. The first-order chi connectivity index (χ1) is 9.79. The van der Waals surface area contributed by atoms with Crippen LogP contribution in [0, 0.1) is 0 Å². The smallest absolute Gasteiger partial charge is 0.153 e. The van der Waals surface area contributed by atoms with Crippen LogP contribution in [0.5, 0.6) is 0 Å². The molecule has 0 unspecified atom stereocenters. The van der Waals surface area contributed by atoms with Gasteiger partial charge in [-0.3, -0.25) is 0 Å². The summed E-state index contributed by atoms with van der Waals surface area (Å²) in [5.41, 5.74) is 5.00. The molecule has 0 radical (unpaired) electrons. The first-order valence-corrected chi connectivity index (χ1v) is 7.83. The van der Waals surface area contributed by atoms with Crippen LogP contribution in [0.25, 0.3) is 21.9 Å². The van der Waals surface area contributed by atoms with Gasteiger partial charge in [-0.25, -0.2) is 0 Å². The molecule has 0 saturated carbocycles. The zero-order valence-corrected chi connectivity index (χ0v) is 13.6. The third kappa shape index (κ3) is 1.70. The largest absolute Gasteiger partial charge is 0.454 e. The minimum Gasteiger partial charge on any atom is -0.454 e. The van der Waals surface area contributed by atoms with E-state index in [9.17, 15) is 0 Å². The van der Waals surface area contributed by atoms with Gasteiger partial charge in [0.25, 0.3) is 0 Å². The number of fused-ring (bicyclic) bond motifs is 4. The van der Waals surface area contributed by atoms with Crippen LogP contribution in [0.4, 0.5) is 0 Å². The van der Waals surface area contributed by atoms with Crippen molar-refractivity contribution in [1.82, 2.24) is 0 Å². The predicted octanol–water partition coefficient (Wildman–Crippen LogP) is 6.20. The van der Waals surface area contributed by atoms with Gasteiger partial charge >= 0.3 is 0 Å². The first-order valence-electron chi connectivity index (χ1n) is 7.45. The van der Waals surface area contributed by atoms with Crippen LogP contribution in [-0.2, 0) is 10.8 Å². The maximum absolute atomic E-state index is 6.27. The molecule has 0 N–H and O–H groups in total. The minimum atomic E-state index is 0.190. The van der Waals surface area contributed by atoms with Gasteiger partial charge in [0.1, 0.15) is 5.58 Å². The number of hydrogen-bond acceptors (Lipinski definition) is 1. The lowest BCUT2D eigenvalue weighted by atomic mass is 9.82. The summed E-state index contributed by atoms with van der Waals surface area (Å²) < 4.78 is 6.04. The Morgan fingerprint density at radius 1 is 0.952 bits per heavy atom. The van der Waals surface area contributed by atoms with E-state index >= 15 is 0 Å². The highest BCUT2D eigenvalue weighted by atomic mass is 35.5. The van der Waals surface area contributed by atoms with E-state index in [0.29, 0.717) is 5.02 Å². The van der Waals surface area contributed by atoms with Crippen LogP contribution in [0.3, 0.4) is 0 Å². The Hall–Kier alpha value is -1.47. The summed E-state index contributed by atoms with van der Waals surface area (Å²) in [5.74, 6) is 0. The molecule has 3 aromatic rings. The third-order valence-electron chi connectivity index (χ3n) is 4.93. The van der Waals surface area contributed by atoms with Crippen molar-refractivity contribution in [3.05, 3.63) is 46.5 Å². The number of halogens is 1. The van der Waals surface area contributed by atoms with Gasteiger partial charge in [0.2, 0.25) is 0 Å². The van der Waals surface area contributed by atoms with Crippen LogP contribution in [0.15, 0.2) is 34.7 Å². The Labute approximate surface area is 129 Å². The molecule has 0 aliphatic heterocycles. The highest BCUT2D eigenvalue weighted by molar-refractivity contribution is 6.35. The maximum atomic E-state index is 6.27. The lowest BCUT2D eigenvalue weighted by Crippen LogP contribution is -2.17. The van der Waals surface area contributed by atoms with Crippen LogP contribution >= 0.6 is 11.6 Å². The number of hydrogen-bond donors (Lipinski definition) is 0. The Balaban J connectivity index is 2.15. The van der Waals surface area contributed by atoms with Crippen molar-refractivity contribution in [2.24, 2.45) is 0 Å². The number of benzene rings is 2. The van der Waals surface area contributed by atoms with E-state index in [1.807, 2.05) is 12.1 Å². The summed E-state index contributed by atoms with van der Waals surface area (Å²) in [6.07, 6.45) is 1.17. The predicted molar refractivity (Wildman–Crippen MR) is 89.4 cm³/mol. The molecule has 1 aliphatic rings. The topological polar surface area (TPSA) is 13.1 Å². The summed E-state index contributed by atoms with van der Waals surface area (Å²) in [4.78, 5) is 0. The first kappa shape index (κ1) is 13.2. The molecule has 0 amide bonds. The molecule has 4 rings (SSSR count). The van der Waals surface area contributed by atoms with E-state index < -0.39 is 0 Å². The lowest BCUT2D eigenvalue weighted by molar-refractivity contribution is 0.403. The van der Waals surface area contributed by atoms with Gasteiger partial charge in [0, 0.05) is 10.8 Å². The van der Waals surface area contributed by atoms with E-state index in [0.717, 1.165) is 16.6 Å². The summed E-state index contributed by atoms with van der Waals surface area (Å²) in [5, 5.41) is 2.97. The Bertz CT molecular complexity index is 883. The molecule has 2 aromatic carbocycles. The molecule has 0 fully saturated rings. The van der Waals surface area contributed by atoms with Gasteiger partial charge in [-0.15, -0.1) is 0 Å².